The van der Waals surface area contributed by atoms with E-state index >= 15 is 0 Å². The first-order valence-electron chi connectivity index (χ1n) is 10.4. The maximum atomic E-state index is 4.45. The molecule has 150 valence electrons. The highest BCUT2D eigenvalue weighted by Gasteiger charge is 2.15. The van der Waals surface area contributed by atoms with Crippen LogP contribution in [0.3, 0.4) is 0 Å². The van der Waals surface area contributed by atoms with Crippen molar-refractivity contribution in [3.63, 3.8) is 0 Å². The number of nitrogens with zero attached hydrogens (tertiary/aromatic N) is 3. The van der Waals surface area contributed by atoms with E-state index in [9.17, 15) is 0 Å². The second kappa shape index (κ2) is 6.92. The minimum Gasteiger partial charge on any atom is -0.135 e. The summed E-state index contributed by atoms with van der Waals surface area (Å²) >= 11 is 3.63. The van der Waals surface area contributed by atoms with E-state index in [-0.39, 0.29) is 0 Å². The minimum atomic E-state index is 0.848. The molecule has 4 aromatic carbocycles. The highest BCUT2D eigenvalue weighted by molar-refractivity contribution is 7.26. The normalized spacial score (nSPS) is 11.8. The zero-order valence-electron chi connectivity index (χ0n) is 16.8. The Bertz CT molecular complexity index is 1670. The van der Waals surface area contributed by atoms with E-state index in [0.717, 1.165) is 22.5 Å². The Labute approximate surface area is 191 Å². The van der Waals surface area contributed by atoms with Crippen LogP contribution in [0, 0.1) is 0 Å². The van der Waals surface area contributed by atoms with Gasteiger partial charge in [-0.25, -0.2) is 0 Å². The van der Waals surface area contributed by atoms with Crippen molar-refractivity contribution in [2.45, 2.75) is 0 Å². The average Bonchev–Trinajstić information content (AvgIpc) is 3.42. The van der Waals surface area contributed by atoms with Gasteiger partial charge in [0.25, 0.3) is 0 Å². The predicted octanol–water partition coefficient (Wildman–Crippen LogP) is 7.94. The van der Waals surface area contributed by atoms with E-state index in [2.05, 4.69) is 106 Å². The molecule has 0 aliphatic heterocycles. The van der Waals surface area contributed by atoms with Crippen molar-refractivity contribution >= 4 is 63.0 Å². The number of thiophene rings is 2. The molecule has 0 unspecified atom stereocenters. The molecular weight excluding hydrogens is 430 g/mol. The fraction of sp³-hybridized carbons (Fsp3) is 0. The van der Waals surface area contributed by atoms with Gasteiger partial charge >= 0.3 is 0 Å². The Balaban J connectivity index is 1.49. The molecule has 0 fully saturated rings. The Morgan fingerprint density at radius 2 is 0.938 bits per heavy atom. The Hall–Kier alpha value is -3.67. The fourth-order valence-electron chi connectivity index (χ4n) is 4.55. The molecule has 0 aliphatic carbocycles. The summed E-state index contributed by atoms with van der Waals surface area (Å²) in [5.74, 6) is 0. The molecule has 0 spiro atoms. The average molecular weight is 446 g/mol. The molecule has 5 heteroatoms. The molecule has 0 N–H and O–H groups in total. The Kier molecular flexibility index (Phi) is 3.88. The third kappa shape index (κ3) is 2.62. The molecule has 3 aromatic heterocycles. The highest BCUT2D eigenvalue weighted by atomic mass is 32.1. The lowest BCUT2D eigenvalue weighted by Gasteiger charge is -2.07. The summed E-state index contributed by atoms with van der Waals surface area (Å²) in [6.07, 6.45) is 0. The van der Waals surface area contributed by atoms with Gasteiger partial charge < -0.3 is 0 Å². The maximum absolute atomic E-state index is 4.45. The van der Waals surface area contributed by atoms with Crippen molar-refractivity contribution in [2.75, 3.05) is 0 Å². The Morgan fingerprint density at radius 3 is 1.47 bits per heavy atom. The van der Waals surface area contributed by atoms with Gasteiger partial charge in [-0.05, 0) is 35.5 Å². The van der Waals surface area contributed by atoms with Crippen molar-refractivity contribution in [1.29, 1.82) is 0 Å². The van der Waals surface area contributed by atoms with E-state index in [4.69, 9.17) is 0 Å². The molecule has 0 saturated heterocycles. The smallest absolute Gasteiger partial charge is 0.0976 e. The summed E-state index contributed by atoms with van der Waals surface area (Å²) in [5, 5.41) is 18.1. The first-order chi connectivity index (χ1) is 15.9. The monoisotopic (exact) mass is 445 g/mol. The van der Waals surface area contributed by atoms with Crippen LogP contribution >= 0.6 is 22.7 Å². The lowest BCUT2D eigenvalue weighted by atomic mass is 10.0. The summed E-state index contributed by atoms with van der Waals surface area (Å²) in [4.78, 5) is 0. The van der Waals surface area contributed by atoms with Crippen LogP contribution in [0.1, 0.15) is 0 Å². The van der Waals surface area contributed by atoms with Crippen LogP contribution in [-0.4, -0.2) is 15.4 Å². The van der Waals surface area contributed by atoms with Crippen molar-refractivity contribution in [3.8, 4) is 22.5 Å². The Morgan fingerprint density at radius 1 is 0.469 bits per heavy atom. The second-order valence-corrected chi connectivity index (χ2v) is 9.93. The van der Waals surface area contributed by atoms with Gasteiger partial charge in [0.1, 0.15) is 0 Å². The van der Waals surface area contributed by atoms with Gasteiger partial charge in [-0.3, -0.25) is 0 Å². The lowest BCUT2D eigenvalue weighted by molar-refractivity contribution is 0.877. The van der Waals surface area contributed by atoms with Crippen LogP contribution in [0.2, 0.25) is 0 Å². The van der Waals surface area contributed by atoms with Gasteiger partial charge in [0.2, 0.25) is 0 Å². The van der Waals surface area contributed by atoms with E-state index in [1.807, 2.05) is 22.7 Å². The molecule has 0 radical (unpaired) electrons. The molecule has 3 nitrogen and oxygen atoms in total. The van der Waals surface area contributed by atoms with Gasteiger partial charge in [0, 0.05) is 51.5 Å². The van der Waals surface area contributed by atoms with Crippen molar-refractivity contribution in [1.82, 2.24) is 15.4 Å². The first kappa shape index (κ1) is 18.0. The number of fused-ring (bicyclic) bond motifs is 6. The molecule has 32 heavy (non-hydrogen) atoms. The molecule has 7 rings (SSSR count). The van der Waals surface area contributed by atoms with E-state index in [1.165, 1.54) is 40.3 Å². The number of hydrogen-bond acceptors (Lipinski definition) is 5. The zero-order chi connectivity index (χ0) is 21.1. The number of hydrogen-bond donors (Lipinski definition) is 0. The SMILES string of the molecule is c1ccc2c(c1)sc1cccc(-c3cc(-c4cccc5sc6ccccc6c45)nnn3)c12. The number of rotatable bonds is 2. The summed E-state index contributed by atoms with van der Waals surface area (Å²) in [7, 11) is 0. The highest BCUT2D eigenvalue weighted by Crippen LogP contribution is 2.41. The van der Waals surface area contributed by atoms with Crippen LogP contribution in [0.15, 0.2) is 91.0 Å². The van der Waals surface area contributed by atoms with Gasteiger partial charge in [0.15, 0.2) is 0 Å². The first-order valence-corrected chi connectivity index (χ1v) is 12.0. The molecule has 0 amide bonds. The van der Waals surface area contributed by atoms with E-state index in [0.29, 0.717) is 0 Å². The number of aromatic nitrogens is 3. The fourth-order valence-corrected chi connectivity index (χ4v) is 6.81. The topological polar surface area (TPSA) is 38.7 Å². The van der Waals surface area contributed by atoms with Crippen molar-refractivity contribution in [3.05, 3.63) is 91.0 Å². The minimum absolute atomic E-state index is 0.848. The van der Waals surface area contributed by atoms with Crippen LogP contribution in [0.5, 0.6) is 0 Å². The number of benzene rings is 4. The molecule has 0 bridgehead atoms. The van der Waals surface area contributed by atoms with Crippen LogP contribution in [0.4, 0.5) is 0 Å². The molecule has 0 atom stereocenters. The third-order valence-corrected chi connectivity index (χ3v) is 8.21. The standard InChI is InChI=1S/C27H15N3S2/c1-3-11-22-18(7-1)26-16(9-5-13-24(26)31-22)20-15-21(29-30-28-20)17-10-6-14-25-27(17)19-8-2-4-12-23(19)32-25/h1-15H. The van der Waals surface area contributed by atoms with Crippen molar-refractivity contribution < 1.29 is 0 Å². The van der Waals surface area contributed by atoms with E-state index in [1.54, 1.807) is 0 Å². The molecule has 7 aromatic rings. The second-order valence-electron chi connectivity index (χ2n) is 7.76. The van der Waals surface area contributed by atoms with Crippen molar-refractivity contribution in [2.24, 2.45) is 0 Å². The van der Waals surface area contributed by atoms with E-state index < -0.39 is 0 Å². The van der Waals surface area contributed by atoms with Gasteiger partial charge in [-0.2, -0.15) is 0 Å². The molecular formula is C27H15N3S2. The maximum Gasteiger partial charge on any atom is 0.0976 e. The lowest BCUT2D eigenvalue weighted by Crippen LogP contribution is -1.95. The summed E-state index contributed by atoms with van der Waals surface area (Å²) in [6, 6.07) is 32.0. The van der Waals surface area contributed by atoms with Crippen LogP contribution in [0.25, 0.3) is 62.9 Å². The third-order valence-electron chi connectivity index (χ3n) is 5.94. The summed E-state index contributed by atoms with van der Waals surface area (Å²) in [5.41, 5.74) is 3.89. The predicted molar refractivity (Wildman–Crippen MR) is 136 cm³/mol. The van der Waals surface area contributed by atoms with Gasteiger partial charge in [0.05, 0.1) is 11.4 Å². The molecule has 0 saturated carbocycles. The van der Waals surface area contributed by atoms with Crippen LogP contribution < -0.4 is 0 Å². The quantitative estimate of drug-likeness (QED) is 0.271. The summed E-state index contributed by atoms with van der Waals surface area (Å²) < 4.78 is 5.09. The zero-order valence-corrected chi connectivity index (χ0v) is 18.5. The summed E-state index contributed by atoms with van der Waals surface area (Å²) in [6.45, 7) is 0. The molecule has 0 aliphatic rings. The van der Waals surface area contributed by atoms with Crippen LogP contribution in [-0.2, 0) is 0 Å². The van der Waals surface area contributed by atoms with Gasteiger partial charge in [-0.1, -0.05) is 60.7 Å². The molecule has 3 heterocycles. The van der Waals surface area contributed by atoms with Gasteiger partial charge in [-0.15, -0.1) is 32.9 Å². The largest absolute Gasteiger partial charge is 0.135 e.